The first-order valence-corrected chi connectivity index (χ1v) is 8.93. The minimum atomic E-state index is -3.54. The smallest absolute Gasteiger partial charge is 0.240 e. The van der Waals surface area contributed by atoms with Gasteiger partial charge in [-0.2, -0.15) is 0 Å². The molecule has 0 saturated carbocycles. The van der Waals surface area contributed by atoms with Gasteiger partial charge in [0.15, 0.2) is 0 Å². The third-order valence-corrected chi connectivity index (χ3v) is 4.94. The van der Waals surface area contributed by atoms with Crippen LogP contribution >= 0.6 is 0 Å². The Balaban J connectivity index is 2.71. The summed E-state index contributed by atoms with van der Waals surface area (Å²) in [6, 6.07) is 6.83. The molecule has 1 N–H and O–H groups in total. The Labute approximate surface area is 133 Å². The van der Waals surface area contributed by atoms with E-state index in [0.717, 1.165) is 12.0 Å². The molecule has 0 aliphatic heterocycles. The quantitative estimate of drug-likeness (QED) is 0.871. The number of carbonyl (C=O) groups is 1. The monoisotopic (exact) mass is 326 g/mol. The fraction of sp³-hybridized carbons (Fsp3) is 0.562. The zero-order valence-electron chi connectivity index (χ0n) is 14.0. The van der Waals surface area contributed by atoms with Gasteiger partial charge in [0.05, 0.1) is 4.90 Å². The van der Waals surface area contributed by atoms with E-state index in [1.807, 2.05) is 39.8 Å². The molecule has 0 aromatic heterocycles. The zero-order chi connectivity index (χ0) is 17.0. The highest BCUT2D eigenvalue weighted by atomic mass is 32.2. The highest BCUT2D eigenvalue weighted by Gasteiger charge is 2.24. The number of sulfonamides is 1. The molecule has 0 aliphatic rings. The fourth-order valence-corrected chi connectivity index (χ4v) is 3.27. The second kappa shape index (κ2) is 7.24. The summed E-state index contributed by atoms with van der Waals surface area (Å²) in [6.07, 6.45) is 0.868. The van der Waals surface area contributed by atoms with Crippen molar-refractivity contribution in [3.63, 3.8) is 0 Å². The van der Waals surface area contributed by atoms with Gasteiger partial charge in [-0.05, 0) is 44.9 Å². The van der Waals surface area contributed by atoms with Crippen molar-refractivity contribution in [3.8, 4) is 0 Å². The van der Waals surface area contributed by atoms with Gasteiger partial charge in [-0.3, -0.25) is 4.79 Å². The highest BCUT2D eigenvalue weighted by Crippen LogP contribution is 2.13. The molecular weight excluding hydrogens is 300 g/mol. The number of nitrogens with one attached hydrogen (secondary N) is 1. The topological polar surface area (TPSA) is 66.5 Å². The summed E-state index contributed by atoms with van der Waals surface area (Å²) in [6.45, 7) is 9.80. The van der Waals surface area contributed by atoms with Crippen LogP contribution in [-0.2, 0) is 21.2 Å². The third-order valence-electron chi connectivity index (χ3n) is 3.46. The number of benzene rings is 1. The maximum Gasteiger partial charge on any atom is 0.240 e. The fourth-order valence-electron chi connectivity index (χ4n) is 2.24. The molecule has 6 heteroatoms. The molecule has 0 unspecified atom stereocenters. The average Bonchev–Trinajstić information content (AvgIpc) is 2.42. The lowest BCUT2D eigenvalue weighted by atomic mass is 10.1. The Morgan fingerprint density at radius 1 is 1.18 bits per heavy atom. The number of amides is 1. The molecule has 5 nitrogen and oxygen atoms in total. The Bertz CT molecular complexity index is 601. The minimum Gasteiger partial charge on any atom is -0.337 e. The maximum atomic E-state index is 12.2. The van der Waals surface area contributed by atoms with Crippen LogP contribution in [-0.4, -0.2) is 37.9 Å². The van der Waals surface area contributed by atoms with Crippen LogP contribution in [0.4, 0.5) is 0 Å². The van der Waals surface area contributed by atoms with Crippen LogP contribution in [0.25, 0.3) is 0 Å². The number of hydrogen-bond donors (Lipinski definition) is 1. The second-order valence-corrected chi connectivity index (χ2v) is 8.00. The van der Waals surface area contributed by atoms with Crippen LogP contribution < -0.4 is 4.72 Å². The van der Waals surface area contributed by atoms with Gasteiger partial charge in [-0.1, -0.05) is 19.1 Å². The van der Waals surface area contributed by atoms with Gasteiger partial charge in [0.25, 0.3) is 0 Å². The van der Waals surface area contributed by atoms with Crippen LogP contribution in [0.1, 0.15) is 40.2 Å². The van der Waals surface area contributed by atoms with Crippen molar-refractivity contribution in [2.24, 2.45) is 0 Å². The van der Waals surface area contributed by atoms with Gasteiger partial charge in [0.2, 0.25) is 15.9 Å². The van der Waals surface area contributed by atoms with Gasteiger partial charge < -0.3 is 4.90 Å². The predicted octanol–water partition coefficient (Wildman–Crippen LogP) is 2.17. The number of carbonyl (C=O) groups excluding carboxylic acids is 1. The molecule has 1 amide bonds. The molecule has 0 spiro atoms. The molecule has 124 valence electrons. The first kappa shape index (κ1) is 18.6. The van der Waals surface area contributed by atoms with Crippen molar-refractivity contribution in [2.75, 3.05) is 13.1 Å². The van der Waals surface area contributed by atoms with Crippen molar-refractivity contribution in [1.29, 1.82) is 0 Å². The molecule has 1 aromatic rings. The molecule has 1 aromatic carbocycles. The molecule has 22 heavy (non-hydrogen) atoms. The van der Waals surface area contributed by atoms with E-state index in [0.29, 0.717) is 6.54 Å². The lowest BCUT2D eigenvalue weighted by molar-refractivity contribution is -0.133. The summed E-state index contributed by atoms with van der Waals surface area (Å²) in [5, 5.41) is 0. The molecular formula is C16H26N2O3S. The largest absolute Gasteiger partial charge is 0.337 e. The van der Waals surface area contributed by atoms with E-state index in [1.165, 1.54) is 6.92 Å². The summed E-state index contributed by atoms with van der Waals surface area (Å²) in [7, 11) is -3.54. The van der Waals surface area contributed by atoms with E-state index in [9.17, 15) is 13.2 Å². The number of aryl methyl sites for hydroxylation is 1. The number of rotatable bonds is 6. The third kappa shape index (κ3) is 5.10. The minimum absolute atomic E-state index is 0.0704. The zero-order valence-corrected chi connectivity index (χ0v) is 14.8. The Hall–Kier alpha value is -1.40. The van der Waals surface area contributed by atoms with Crippen LogP contribution in [0.5, 0.6) is 0 Å². The Morgan fingerprint density at radius 2 is 1.73 bits per heavy atom. The van der Waals surface area contributed by atoms with Gasteiger partial charge in [0.1, 0.15) is 0 Å². The lowest BCUT2D eigenvalue weighted by Gasteiger charge is -2.35. The molecule has 0 fully saturated rings. The van der Waals surface area contributed by atoms with Crippen molar-refractivity contribution in [3.05, 3.63) is 29.8 Å². The van der Waals surface area contributed by atoms with Gasteiger partial charge in [-0.15, -0.1) is 0 Å². The van der Waals surface area contributed by atoms with E-state index in [-0.39, 0.29) is 22.9 Å². The number of hydrogen-bond acceptors (Lipinski definition) is 3. The van der Waals surface area contributed by atoms with Gasteiger partial charge >= 0.3 is 0 Å². The van der Waals surface area contributed by atoms with Crippen molar-refractivity contribution < 1.29 is 13.2 Å². The van der Waals surface area contributed by atoms with E-state index in [1.54, 1.807) is 17.0 Å². The van der Waals surface area contributed by atoms with E-state index >= 15 is 0 Å². The maximum absolute atomic E-state index is 12.2. The van der Waals surface area contributed by atoms with Gasteiger partial charge in [0, 0.05) is 25.6 Å². The van der Waals surface area contributed by atoms with E-state index in [4.69, 9.17) is 0 Å². The molecule has 0 saturated heterocycles. The summed E-state index contributed by atoms with van der Waals surface area (Å²) >= 11 is 0. The molecule has 0 radical (unpaired) electrons. The lowest BCUT2D eigenvalue weighted by Crippen LogP contribution is -2.48. The molecule has 0 atom stereocenters. The molecule has 0 heterocycles. The Kier molecular flexibility index (Phi) is 6.14. The summed E-state index contributed by atoms with van der Waals surface area (Å²) in [5.74, 6) is -0.0704. The van der Waals surface area contributed by atoms with Gasteiger partial charge in [-0.25, -0.2) is 13.1 Å². The van der Waals surface area contributed by atoms with E-state index in [2.05, 4.69) is 4.72 Å². The summed E-state index contributed by atoms with van der Waals surface area (Å²) < 4.78 is 27.0. The Morgan fingerprint density at radius 3 is 2.14 bits per heavy atom. The normalized spacial score (nSPS) is 12.2. The van der Waals surface area contributed by atoms with Crippen LogP contribution in [0.2, 0.25) is 0 Å². The summed E-state index contributed by atoms with van der Waals surface area (Å²) in [5.41, 5.74) is 0.759. The molecule has 0 bridgehead atoms. The predicted molar refractivity (Wildman–Crippen MR) is 88.1 cm³/mol. The highest BCUT2D eigenvalue weighted by molar-refractivity contribution is 7.89. The standard InChI is InChI=1S/C16H26N2O3S/c1-6-14-7-9-15(10-8-14)22(20,21)17-11-12-18(13(2)19)16(3,4)5/h7-10,17H,6,11-12H2,1-5H3. The average molecular weight is 326 g/mol. The van der Waals surface area contributed by atoms with Crippen LogP contribution in [0, 0.1) is 0 Å². The SMILES string of the molecule is CCc1ccc(S(=O)(=O)NCCN(C(C)=O)C(C)(C)C)cc1. The van der Waals surface area contributed by atoms with Crippen molar-refractivity contribution >= 4 is 15.9 Å². The molecule has 0 aliphatic carbocycles. The van der Waals surface area contributed by atoms with Crippen molar-refractivity contribution in [2.45, 2.75) is 51.5 Å². The number of nitrogens with zero attached hydrogens (tertiary/aromatic N) is 1. The van der Waals surface area contributed by atoms with E-state index < -0.39 is 10.0 Å². The van der Waals surface area contributed by atoms with Crippen LogP contribution in [0.3, 0.4) is 0 Å². The first-order chi connectivity index (χ1) is 10.1. The summed E-state index contributed by atoms with van der Waals surface area (Å²) in [4.78, 5) is 13.5. The second-order valence-electron chi connectivity index (χ2n) is 6.24. The van der Waals surface area contributed by atoms with Crippen molar-refractivity contribution in [1.82, 2.24) is 9.62 Å². The first-order valence-electron chi connectivity index (χ1n) is 7.44. The molecule has 1 rings (SSSR count). The van der Waals surface area contributed by atoms with Crippen LogP contribution in [0.15, 0.2) is 29.2 Å².